The van der Waals surface area contributed by atoms with Gasteiger partial charge in [0.25, 0.3) is 0 Å². The molecule has 3 aromatic rings. The fourth-order valence-electron chi connectivity index (χ4n) is 5.12. The van der Waals surface area contributed by atoms with Crippen molar-refractivity contribution >= 4 is 28.6 Å². The van der Waals surface area contributed by atoms with E-state index in [1.54, 1.807) is 11.8 Å². The molecule has 0 aromatic heterocycles. The van der Waals surface area contributed by atoms with E-state index in [0.717, 1.165) is 21.9 Å². The van der Waals surface area contributed by atoms with E-state index in [-0.39, 0.29) is 24.5 Å². The highest BCUT2D eigenvalue weighted by Crippen LogP contribution is 2.24. The minimum absolute atomic E-state index is 0.191. The van der Waals surface area contributed by atoms with Gasteiger partial charge in [0.2, 0.25) is 11.8 Å². The number of carbonyl (C=O) groups excluding carboxylic acids is 3. The third kappa shape index (κ3) is 11.8. The maximum absolute atomic E-state index is 14.7. The first kappa shape index (κ1) is 37.3. The summed E-state index contributed by atoms with van der Waals surface area (Å²) in [5.74, 6) is -0.202. The Morgan fingerprint density at radius 2 is 1.53 bits per heavy atom. The summed E-state index contributed by atoms with van der Waals surface area (Å²) in [5.41, 5.74) is 3.56. The van der Waals surface area contributed by atoms with E-state index in [0.29, 0.717) is 25.5 Å². The Morgan fingerprint density at radius 3 is 2.17 bits per heavy atom. The SMILES string of the molecule is CCNC(=O)NOCC(=O)NC(Cc1ccc(OC(C)(C)C)cc1)C(=O)N(Cc1cccc2ccccc12)C(C)C(OCC)OCC. The normalized spacial score (nSPS) is 12.8. The van der Waals surface area contributed by atoms with E-state index >= 15 is 0 Å². The first-order valence-electron chi connectivity index (χ1n) is 16.2. The van der Waals surface area contributed by atoms with Gasteiger partial charge in [-0.3, -0.25) is 14.4 Å². The molecule has 3 aromatic carbocycles. The van der Waals surface area contributed by atoms with Crippen molar-refractivity contribution in [3.8, 4) is 5.75 Å². The van der Waals surface area contributed by atoms with Crippen LogP contribution in [0.4, 0.5) is 4.79 Å². The summed E-state index contributed by atoms with van der Waals surface area (Å²) in [6.45, 7) is 14.2. The minimum Gasteiger partial charge on any atom is -0.488 e. The van der Waals surface area contributed by atoms with Crippen molar-refractivity contribution in [1.82, 2.24) is 21.0 Å². The van der Waals surface area contributed by atoms with E-state index < -0.39 is 36.9 Å². The van der Waals surface area contributed by atoms with Gasteiger partial charge in [0.05, 0.1) is 6.04 Å². The summed E-state index contributed by atoms with van der Waals surface area (Å²) in [6, 6.07) is 19.4. The van der Waals surface area contributed by atoms with E-state index in [1.165, 1.54) is 0 Å². The monoisotopic (exact) mass is 650 g/mol. The summed E-state index contributed by atoms with van der Waals surface area (Å²) in [4.78, 5) is 46.3. The molecular formula is C36H50N4O7. The molecule has 11 nitrogen and oxygen atoms in total. The van der Waals surface area contributed by atoms with E-state index in [9.17, 15) is 14.4 Å². The molecule has 3 rings (SSSR count). The summed E-state index contributed by atoms with van der Waals surface area (Å²) in [6.07, 6.45) is -0.504. The lowest BCUT2D eigenvalue weighted by atomic mass is 10.0. The molecule has 0 fully saturated rings. The van der Waals surface area contributed by atoms with E-state index in [2.05, 4.69) is 16.1 Å². The number of hydrogen-bond acceptors (Lipinski definition) is 7. The Balaban J connectivity index is 1.97. The molecule has 256 valence electrons. The zero-order valence-electron chi connectivity index (χ0n) is 28.6. The van der Waals surface area contributed by atoms with Gasteiger partial charge in [-0.2, -0.15) is 0 Å². The fraction of sp³-hybridized carbons (Fsp3) is 0.472. The van der Waals surface area contributed by atoms with Crippen LogP contribution in [0.1, 0.15) is 59.6 Å². The predicted molar refractivity (Wildman–Crippen MR) is 182 cm³/mol. The van der Waals surface area contributed by atoms with Crippen LogP contribution in [0.5, 0.6) is 5.75 Å². The van der Waals surface area contributed by atoms with Gasteiger partial charge < -0.3 is 29.7 Å². The maximum atomic E-state index is 14.7. The van der Waals surface area contributed by atoms with Gasteiger partial charge in [-0.05, 0) is 82.5 Å². The molecule has 47 heavy (non-hydrogen) atoms. The van der Waals surface area contributed by atoms with Gasteiger partial charge in [0, 0.05) is 32.7 Å². The molecule has 4 amide bonds. The average molecular weight is 651 g/mol. The molecule has 0 aliphatic heterocycles. The van der Waals surface area contributed by atoms with Gasteiger partial charge in [0.15, 0.2) is 12.9 Å². The van der Waals surface area contributed by atoms with Crippen molar-refractivity contribution < 1.29 is 33.4 Å². The molecule has 0 aliphatic carbocycles. The Hall–Kier alpha value is -4.19. The smallest absolute Gasteiger partial charge is 0.338 e. The van der Waals surface area contributed by atoms with Gasteiger partial charge in [-0.1, -0.05) is 54.6 Å². The van der Waals surface area contributed by atoms with E-state index in [1.807, 2.05) is 108 Å². The highest BCUT2D eigenvalue weighted by Gasteiger charge is 2.34. The topological polar surface area (TPSA) is 127 Å². The lowest BCUT2D eigenvalue weighted by Gasteiger charge is -2.37. The van der Waals surface area contributed by atoms with Gasteiger partial charge >= 0.3 is 6.03 Å². The number of hydroxylamine groups is 1. The van der Waals surface area contributed by atoms with Gasteiger partial charge in [0.1, 0.15) is 17.4 Å². The van der Waals surface area contributed by atoms with Crippen LogP contribution in [0.15, 0.2) is 66.7 Å². The molecule has 0 spiro atoms. The summed E-state index contributed by atoms with van der Waals surface area (Å²) in [7, 11) is 0. The maximum Gasteiger partial charge on any atom is 0.338 e. The van der Waals surface area contributed by atoms with Crippen LogP contribution < -0.4 is 20.9 Å². The first-order valence-corrected chi connectivity index (χ1v) is 16.2. The number of nitrogens with one attached hydrogen (secondary N) is 3. The van der Waals surface area contributed by atoms with Crippen LogP contribution >= 0.6 is 0 Å². The van der Waals surface area contributed by atoms with Crippen LogP contribution in [0, 0.1) is 0 Å². The van der Waals surface area contributed by atoms with Crippen LogP contribution in [0.3, 0.4) is 0 Å². The Bertz CT molecular complexity index is 1430. The average Bonchev–Trinajstić information content (AvgIpc) is 3.03. The quantitative estimate of drug-likeness (QED) is 0.137. The number of benzene rings is 3. The number of hydrogen-bond donors (Lipinski definition) is 3. The van der Waals surface area contributed by atoms with Gasteiger partial charge in [-0.15, -0.1) is 0 Å². The van der Waals surface area contributed by atoms with Crippen molar-refractivity contribution in [3.63, 3.8) is 0 Å². The zero-order valence-corrected chi connectivity index (χ0v) is 28.6. The molecule has 0 saturated carbocycles. The first-order chi connectivity index (χ1) is 22.4. The summed E-state index contributed by atoms with van der Waals surface area (Å²) in [5, 5.41) is 7.44. The molecule has 11 heteroatoms. The number of carbonyl (C=O) groups is 3. The molecule has 3 N–H and O–H groups in total. The second-order valence-corrected chi connectivity index (χ2v) is 12.1. The molecule has 0 radical (unpaired) electrons. The van der Waals surface area contributed by atoms with Crippen LogP contribution in [0.25, 0.3) is 10.8 Å². The highest BCUT2D eigenvalue weighted by atomic mass is 16.7. The zero-order chi connectivity index (χ0) is 34.4. The number of fused-ring (bicyclic) bond motifs is 1. The van der Waals surface area contributed by atoms with Crippen molar-refractivity contribution in [2.45, 2.75) is 85.4 Å². The third-order valence-corrected chi connectivity index (χ3v) is 7.18. The largest absolute Gasteiger partial charge is 0.488 e. The van der Waals surface area contributed by atoms with Crippen molar-refractivity contribution in [3.05, 3.63) is 77.9 Å². The lowest BCUT2D eigenvalue weighted by molar-refractivity contribution is -0.179. The molecule has 0 saturated heterocycles. The second-order valence-electron chi connectivity index (χ2n) is 12.1. The second kappa shape index (κ2) is 18.2. The molecule has 2 atom stereocenters. The van der Waals surface area contributed by atoms with E-state index in [4.69, 9.17) is 19.0 Å². The highest BCUT2D eigenvalue weighted by molar-refractivity contribution is 5.90. The fourth-order valence-corrected chi connectivity index (χ4v) is 5.12. The number of rotatable bonds is 17. The standard InChI is InChI=1S/C36H50N4O7/c1-8-37-35(43)39-46-24-32(41)38-31(22-26-18-20-29(21-19-26)47-36(5,6)7)33(42)40(25(4)34(44-9-2)45-10-3)23-28-16-13-15-27-14-11-12-17-30(27)28/h11-21,25,31,34H,8-10,22-24H2,1-7H3,(H,38,41)(H2,37,39,43). The van der Waals surface area contributed by atoms with Crippen molar-refractivity contribution in [2.24, 2.45) is 0 Å². The molecule has 2 unspecified atom stereocenters. The molecule has 0 heterocycles. The van der Waals surface area contributed by atoms with Crippen LogP contribution in [-0.4, -0.2) is 73.1 Å². The Morgan fingerprint density at radius 1 is 0.872 bits per heavy atom. The van der Waals surface area contributed by atoms with Crippen molar-refractivity contribution in [1.29, 1.82) is 0 Å². The minimum atomic E-state index is -0.980. The van der Waals surface area contributed by atoms with Crippen LogP contribution in [-0.2, 0) is 36.9 Å². The van der Waals surface area contributed by atoms with Crippen molar-refractivity contribution in [2.75, 3.05) is 26.4 Å². The lowest BCUT2D eigenvalue weighted by Crippen LogP contribution is -2.55. The number of nitrogens with zero attached hydrogens (tertiary/aromatic N) is 1. The number of ether oxygens (including phenoxy) is 3. The molecule has 0 aliphatic rings. The molecule has 0 bridgehead atoms. The molecular weight excluding hydrogens is 600 g/mol. The summed E-state index contributed by atoms with van der Waals surface area (Å²) < 4.78 is 17.9. The number of urea groups is 1. The summed E-state index contributed by atoms with van der Waals surface area (Å²) >= 11 is 0. The Labute approximate surface area is 278 Å². The number of amides is 4. The Kier molecular flexibility index (Phi) is 14.5. The van der Waals surface area contributed by atoms with Gasteiger partial charge in [-0.25, -0.2) is 10.3 Å². The predicted octanol–water partition coefficient (Wildman–Crippen LogP) is 5.11. The third-order valence-electron chi connectivity index (χ3n) is 7.18. The van der Waals surface area contributed by atoms with Crippen LogP contribution in [0.2, 0.25) is 0 Å².